The maximum absolute atomic E-state index is 8.87. The lowest BCUT2D eigenvalue weighted by Gasteiger charge is -1.97. The lowest BCUT2D eigenvalue weighted by atomic mass is 10.1. The quantitative estimate of drug-likeness (QED) is 0.745. The molecule has 0 aliphatic heterocycles. The van der Waals surface area contributed by atoms with E-state index in [4.69, 9.17) is 16.7 Å². The van der Waals surface area contributed by atoms with Crippen molar-refractivity contribution >= 4 is 11.6 Å². The topological polar surface area (TPSA) is 20.2 Å². The Morgan fingerprint density at radius 2 is 2.00 bits per heavy atom. The molecule has 0 radical (unpaired) electrons. The van der Waals surface area contributed by atoms with Gasteiger partial charge in [-0.25, -0.2) is 0 Å². The molecule has 1 nitrogen and oxygen atoms in total. The largest absolute Gasteiger partial charge is 0.396 e. The van der Waals surface area contributed by atoms with Crippen LogP contribution in [0, 0.1) is 5.92 Å². The van der Waals surface area contributed by atoms with Gasteiger partial charge in [0, 0.05) is 11.6 Å². The van der Waals surface area contributed by atoms with Crippen molar-refractivity contribution in [3.8, 4) is 0 Å². The van der Waals surface area contributed by atoms with Crippen LogP contribution in [0.5, 0.6) is 0 Å². The smallest absolute Gasteiger partial charge is 0.0465 e. The summed E-state index contributed by atoms with van der Waals surface area (Å²) in [7, 11) is 0. The highest BCUT2D eigenvalue weighted by molar-refractivity contribution is 6.30. The van der Waals surface area contributed by atoms with E-state index in [1.165, 1.54) is 5.56 Å². The van der Waals surface area contributed by atoms with Crippen molar-refractivity contribution in [1.29, 1.82) is 0 Å². The number of rotatable bonds is 2. The predicted octanol–water partition coefficient (Wildman–Crippen LogP) is 2.44. The third kappa shape index (κ3) is 1.47. The molecule has 1 aliphatic rings. The van der Waals surface area contributed by atoms with Crippen LogP contribution in [0.3, 0.4) is 0 Å². The summed E-state index contributed by atoms with van der Waals surface area (Å²) in [4.78, 5) is 0. The molecule has 1 fully saturated rings. The number of hydrogen-bond donors (Lipinski definition) is 1. The van der Waals surface area contributed by atoms with Gasteiger partial charge in [0.15, 0.2) is 0 Å². The first-order valence-electron chi connectivity index (χ1n) is 4.17. The zero-order valence-electron chi connectivity index (χ0n) is 6.70. The molecule has 1 aliphatic carbocycles. The number of benzene rings is 1. The Hall–Kier alpha value is -0.530. The Balaban J connectivity index is 2.10. The molecule has 0 heterocycles. The second-order valence-electron chi connectivity index (χ2n) is 3.34. The minimum Gasteiger partial charge on any atom is -0.396 e. The zero-order chi connectivity index (χ0) is 8.55. The molecule has 1 aromatic rings. The first-order valence-corrected chi connectivity index (χ1v) is 4.55. The number of hydrogen-bond acceptors (Lipinski definition) is 1. The molecule has 1 saturated carbocycles. The number of aliphatic hydroxyl groups is 1. The van der Waals surface area contributed by atoms with Crippen molar-refractivity contribution in [2.45, 2.75) is 12.3 Å². The van der Waals surface area contributed by atoms with Gasteiger partial charge in [-0.15, -0.1) is 0 Å². The van der Waals surface area contributed by atoms with Gasteiger partial charge in [-0.3, -0.25) is 0 Å². The normalized spacial score (nSPS) is 27.2. The number of halogens is 1. The fourth-order valence-electron chi connectivity index (χ4n) is 1.57. The van der Waals surface area contributed by atoms with Gasteiger partial charge in [0.1, 0.15) is 0 Å². The molecule has 0 aromatic heterocycles. The summed E-state index contributed by atoms with van der Waals surface area (Å²) in [6.07, 6.45) is 1.12. The lowest BCUT2D eigenvalue weighted by molar-refractivity contribution is 0.274. The van der Waals surface area contributed by atoms with E-state index in [-0.39, 0.29) is 0 Å². The van der Waals surface area contributed by atoms with E-state index < -0.39 is 0 Å². The predicted molar refractivity (Wildman–Crippen MR) is 49.4 cm³/mol. The van der Waals surface area contributed by atoms with E-state index in [0.29, 0.717) is 18.4 Å². The molecule has 2 unspecified atom stereocenters. The molecule has 0 bridgehead atoms. The molecule has 1 aromatic carbocycles. The van der Waals surface area contributed by atoms with Gasteiger partial charge in [0.2, 0.25) is 0 Å². The summed E-state index contributed by atoms with van der Waals surface area (Å²) in [5.41, 5.74) is 1.30. The molecule has 0 spiro atoms. The van der Waals surface area contributed by atoms with Gasteiger partial charge in [-0.2, -0.15) is 0 Å². The summed E-state index contributed by atoms with van der Waals surface area (Å²) >= 11 is 5.76. The van der Waals surface area contributed by atoms with Crippen LogP contribution in [0.25, 0.3) is 0 Å². The van der Waals surface area contributed by atoms with E-state index in [2.05, 4.69) is 0 Å². The van der Waals surface area contributed by atoms with E-state index in [1.54, 1.807) is 0 Å². The van der Waals surface area contributed by atoms with E-state index >= 15 is 0 Å². The Morgan fingerprint density at radius 3 is 2.50 bits per heavy atom. The lowest BCUT2D eigenvalue weighted by Crippen LogP contribution is -1.87. The van der Waals surface area contributed by atoms with Crippen LogP contribution in [0.2, 0.25) is 5.02 Å². The maximum atomic E-state index is 8.87. The van der Waals surface area contributed by atoms with Crippen LogP contribution in [-0.4, -0.2) is 11.7 Å². The summed E-state index contributed by atoms with van der Waals surface area (Å²) in [5.74, 6) is 1.07. The molecule has 0 saturated heterocycles. The second-order valence-corrected chi connectivity index (χ2v) is 3.77. The van der Waals surface area contributed by atoms with Gasteiger partial charge >= 0.3 is 0 Å². The maximum Gasteiger partial charge on any atom is 0.0465 e. The minimum absolute atomic E-state index is 0.313. The molecular formula is C10H11ClO. The van der Waals surface area contributed by atoms with Crippen LogP contribution in [0.1, 0.15) is 17.9 Å². The third-order valence-electron chi connectivity index (χ3n) is 2.46. The standard InChI is InChI=1S/C10H11ClO/c11-9-3-1-7(2-4-9)10-5-8(10)6-12/h1-4,8,10,12H,5-6H2. The average molecular weight is 183 g/mol. The Bertz CT molecular complexity index is 268. The van der Waals surface area contributed by atoms with Crippen molar-refractivity contribution in [2.75, 3.05) is 6.61 Å². The first kappa shape index (κ1) is 8.09. The molecule has 64 valence electrons. The SMILES string of the molecule is OCC1CC1c1ccc(Cl)cc1. The van der Waals surface area contributed by atoms with Crippen LogP contribution >= 0.6 is 11.6 Å². The fourth-order valence-corrected chi connectivity index (χ4v) is 1.69. The zero-order valence-corrected chi connectivity index (χ0v) is 7.46. The monoisotopic (exact) mass is 182 g/mol. The van der Waals surface area contributed by atoms with Crippen LogP contribution in [0.4, 0.5) is 0 Å². The molecule has 2 atom stereocenters. The van der Waals surface area contributed by atoms with Gasteiger partial charge in [-0.05, 0) is 36.0 Å². The molecule has 0 amide bonds. The van der Waals surface area contributed by atoms with Crippen LogP contribution < -0.4 is 0 Å². The molecule has 2 heteroatoms. The van der Waals surface area contributed by atoms with Crippen molar-refractivity contribution in [3.05, 3.63) is 34.9 Å². The highest BCUT2D eigenvalue weighted by Gasteiger charge is 2.37. The third-order valence-corrected chi connectivity index (χ3v) is 2.71. The molecule has 2 rings (SSSR count). The Labute approximate surface area is 77.0 Å². The van der Waals surface area contributed by atoms with Crippen LogP contribution in [0.15, 0.2) is 24.3 Å². The van der Waals surface area contributed by atoms with Crippen molar-refractivity contribution < 1.29 is 5.11 Å². The van der Waals surface area contributed by atoms with Crippen LogP contribution in [-0.2, 0) is 0 Å². The summed E-state index contributed by atoms with van der Waals surface area (Å²) in [6.45, 7) is 0.313. The Morgan fingerprint density at radius 1 is 1.33 bits per heavy atom. The van der Waals surface area contributed by atoms with E-state index in [9.17, 15) is 0 Å². The highest BCUT2D eigenvalue weighted by atomic mass is 35.5. The van der Waals surface area contributed by atoms with E-state index in [0.717, 1.165) is 11.4 Å². The van der Waals surface area contributed by atoms with Gasteiger partial charge in [0.25, 0.3) is 0 Å². The summed E-state index contributed by atoms with van der Waals surface area (Å²) < 4.78 is 0. The van der Waals surface area contributed by atoms with Gasteiger partial charge in [0.05, 0.1) is 0 Å². The van der Waals surface area contributed by atoms with Crippen molar-refractivity contribution in [2.24, 2.45) is 5.92 Å². The highest BCUT2D eigenvalue weighted by Crippen LogP contribution is 2.46. The minimum atomic E-state index is 0.313. The van der Waals surface area contributed by atoms with Gasteiger partial charge in [-0.1, -0.05) is 23.7 Å². The second kappa shape index (κ2) is 3.08. The Kier molecular flexibility index (Phi) is 2.07. The molecular weight excluding hydrogens is 172 g/mol. The van der Waals surface area contributed by atoms with Gasteiger partial charge < -0.3 is 5.11 Å². The fraction of sp³-hybridized carbons (Fsp3) is 0.400. The van der Waals surface area contributed by atoms with E-state index in [1.807, 2.05) is 24.3 Å². The first-order chi connectivity index (χ1) is 5.81. The number of aliphatic hydroxyl groups excluding tert-OH is 1. The average Bonchev–Trinajstić information content (AvgIpc) is 2.85. The van der Waals surface area contributed by atoms with Crippen molar-refractivity contribution in [1.82, 2.24) is 0 Å². The molecule has 1 N–H and O–H groups in total. The summed E-state index contributed by atoms with van der Waals surface area (Å²) in [6, 6.07) is 7.90. The molecule has 12 heavy (non-hydrogen) atoms. The van der Waals surface area contributed by atoms with Crippen molar-refractivity contribution in [3.63, 3.8) is 0 Å². The summed E-state index contributed by atoms with van der Waals surface area (Å²) in [5, 5.41) is 9.64.